The summed E-state index contributed by atoms with van der Waals surface area (Å²) in [4.78, 5) is 12.2. The molecule has 1 amide bonds. The summed E-state index contributed by atoms with van der Waals surface area (Å²) in [5.41, 5.74) is 5.92. The molecular weight excluding hydrogens is 380 g/mol. The van der Waals surface area contributed by atoms with Gasteiger partial charge in [0.15, 0.2) is 18.1 Å². The fourth-order valence-corrected chi connectivity index (χ4v) is 2.90. The first-order valence-corrected chi connectivity index (χ1v) is 9.45. The predicted molar refractivity (Wildman–Crippen MR) is 117 cm³/mol. The van der Waals surface area contributed by atoms with Crippen LogP contribution in [0.3, 0.4) is 0 Å². The smallest absolute Gasteiger partial charge is 0.277 e. The monoisotopic (exact) mass is 404 g/mol. The van der Waals surface area contributed by atoms with E-state index in [0.717, 1.165) is 16.7 Å². The Balaban J connectivity index is 1.63. The number of carbonyl (C=O) groups is 1. The van der Waals surface area contributed by atoms with Gasteiger partial charge in [0.1, 0.15) is 5.75 Å². The van der Waals surface area contributed by atoms with Crippen LogP contribution in [0.2, 0.25) is 0 Å². The number of benzene rings is 3. The second kappa shape index (κ2) is 10.1. The van der Waals surface area contributed by atoms with Gasteiger partial charge in [-0.3, -0.25) is 4.79 Å². The normalized spacial score (nSPS) is 11.0. The first kappa shape index (κ1) is 20.9. The third-order valence-electron chi connectivity index (χ3n) is 4.48. The van der Waals surface area contributed by atoms with Gasteiger partial charge in [0.2, 0.25) is 0 Å². The first-order chi connectivity index (χ1) is 14.6. The van der Waals surface area contributed by atoms with Gasteiger partial charge in [-0.05, 0) is 36.8 Å². The van der Waals surface area contributed by atoms with Crippen LogP contribution in [0.25, 0.3) is 11.1 Å². The van der Waals surface area contributed by atoms with E-state index in [4.69, 9.17) is 14.2 Å². The van der Waals surface area contributed by atoms with Gasteiger partial charge in [0, 0.05) is 11.1 Å². The second-order valence-electron chi connectivity index (χ2n) is 6.45. The van der Waals surface area contributed by atoms with Crippen molar-refractivity contribution in [3.63, 3.8) is 0 Å². The molecule has 0 aliphatic carbocycles. The highest BCUT2D eigenvalue weighted by molar-refractivity contribution is 5.99. The zero-order chi connectivity index (χ0) is 21.3. The van der Waals surface area contributed by atoms with E-state index in [-0.39, 0.29) is 12.5 Å². The topological polar surface area (TPSA) is 69.2 Å². The van der Waals surface area contributed by atoms with E-state index in [0.29, 0.717) is 23.0 Å². The van der Waals surface area contributed by atoms with Crippen LogP contribution >= 0.6 is 0 Å². The summed E-state index contributed by atoms with van der Waals surface area (Å²) >= 11 is 0. The Bertz CT molecular complexity index is 1030. The van der Waals surface area contributed by atoms with Gasteiger partial charge in [0.25, 0.3) is 5.91 Å². The van der Waals surface area contributed by atoms with E-state index in [1.54, 1.807) is 33.3 Å². The van der Waals surface area contributed by atoms with Crippen LogP contribution in [0, 0.1) is 0 Å². The lowest BCUT2D eigenvalue weighted by Crippen LogP contribution is -2.25. The minimum Gasteiger partial charge on any atom is -0.493 e. The summed E-state index contributed by atoms with van der Waals surface area (Å²) < 4.78 is 16.3. The van der Waals surface area contributed by atoms with Crippen molar-refractivity contribution < 1.29 is 19.0 Å². The van der Waals surface area contributed by atoms with Gasteiger partial charge in [-0.1, -0.05) is 48.5 Å². The Hall–Kier alpha value is -3.80. The molecule has 1 N–H and O–H groups in total. The van der Waals surface area contributed by atoms with Crippen molar-refractivity contribution in [1.82, 2.24) is 5.43 Å². The van der Waals surface area contributed by atoms with Crippen molar-refractivity contribution in [3.05, 3.63) is 78.4 Å². The molecule has 0 saturated heterocycles. The lowest BCUT2D eigenvalue weighted by atomic mass is 10.1. The number of nitrogens with zero attached hydrogens (tertiary/aromatic N) is 1. The maximum Gasteiger partial charge on any atom is 0.277 e. The van der Waals surface area contributed by atoms with Crippen molar-refractivity contribution in [1.29, 1.82) is 0 Å². The molecule has 0 radical (unpaired) electrons. The van der Waals surface area contributed by atoms with E-state index in [1.807, 2.05) is 60.7 Å². The summed E-state index contributed by atoms with van der Waals surface area (Å²) in [7, 11) is 3.15. The summed E-state index contributed by atoms with van der Waals surface area (Å²) in [6.07, 6.45) is 0. The zero-order valence-electron chi connectivity index (χ0n) is 17.2. The number of hydrogen-bond acceptors (Lipinski definition) is 5. The number of para-hydroxylation sites is 1. The average Bonchev–Trinajstić information content (AvgIpc) is 2.81. The summed E-state index contributed by atoms with van der Waals surface area (Å²) in [6, 6.07) is 22.9. The molecule has 0 saturated carbocycles. The average molecular weight is 404 g/mol. The van der Waals surface area contributed by atoms with Crippen molar-refractivity contribution in [2.75, 3.05) is 20.8 Å². The Kier molecular flexibility index (Phi) is 7.05. The van der Waals surface area contributed by atoms with Gasteiger partial charge < -0.3 is 14.2 Å². The molecule has 3 rings (SSSR count). The molecular formula is C24H24N2O4. The highest BCUT2D eigenvalue weighted by atomic mass is 16.5. The lowest BCUT2D eigenvalue weighted by molar-refractivity contribution is -0.123. The van der Waals surface area contributed by atoms with E-state index >= 15 is 0 Å². The van der Waals surface area contributed by atoms with Crippen molar-refractivity contribution in [2.24, 2.45) is 5.10 Å². The van der Waals surface area contributed by atoms with Crippen LogP contribution in [0.5, 0.6) is 17.2 Å². The first-order valence-electron chi connectivity index (χ1n) is 9.45. The summed E-state index contributed by atoms with van der Waals surface area (Å²) in [5, 5.41) is 4.16. The van der Waals surface area contributed by atoms with Gasteiger partial charge in [-0.15, -0.1) is 0 Å². The number of ether oxygens (including phenoxy) is 3. The van der Waals surface area contributed by atoms with Crippen LogP contribution in [-0.2, 0) is 4.79 Å². The molecule has 6 heteroatoms. The van der Waals surface area contributed by atoms with Crippen LogP contribution < -0.4 is 19.6 Å². The minimum atomic E-state index is -0.349. The SMILES string of the molecule is COc1ccc(/C(C)=N/NC(=O)COc2ccccc2-c2ccccc2)cc1OC. The van der Waals surface area contributed by atoms with Gasteiger partial charge in [-0.2, -0.15) is 5.10 Å². The van der Waals surface area contributed by atoms with Crippen LogP contribution in [-0.4, -0.2) is 32.4 Å². The second-order valence-corrected chi connectivity index (χ2v) is 6.45. The maximum atomic E-state index is 12.2. The van der Waals surface area contributed by atoms with E-state index in [2.05, 4.69) is 10.5 Å². The van der Waals surface area contributed by atoms with Crippen LogP contribution in [0.15, 0.2) is 77.9 Å². The fraction of sp³-hybridized carbons (Fsp3) is 0.167. The molecule has 0 aromatic heterocycles. The lowest BCUT2D eigenvalue weighted by Gasteiger charge is -2.11. The van der Waals surface area contributed by atoms with Gasteiger partial charge >= 0.3 is 0 Å². The van der Waals surface area contributed by atoms with Crippen molar-refractivity contribution >= 4 is 11.6 Å². The fourth-order valence-electron chi connectivity index (χ4n) is 2.90. The largest absolute Gasteiger partial charge is 0.493 e. The van der Waals surface area contributed by atoms with E-state index in [9.17, 15) is 4.79 Å². The third-order valence-corrected chi connectivity index (χ3v) is 4.48. The molecule has 154 valence electrons. The van der Waals surface area contributed by atoms with Gasteiger partial charge in [0.05, 0.1) is 19.9 Å². The molecule has 0 heterocycles. The quantitative estimate of drug-likeness (QED) is 0.449. The molecule has 0 aliphatic heterocycles. The highest BCUT2D eigenvalue weighted by Crippen LogP contribution is 2.29. The minimum absolute atomic E-state index is 0.146. The Labute approximate surface area is 176 Å². The number of methoxy groups -OCH3 is 2. The summed E-state index contributed by atoms with van der Waals surface area (Å²) in [5.74, 6) is 1.51. The molecule has 0 bridgehead atoms. The molecule has 0 atom stereocenters. The third kappa shape index (κ3) is 5.17. The highest BCUT2D eigenvalue weighted by Gasteiger charge is 2.09. The molecule has 0 aliphatic rings. The number of rotatable bonds is 8. The van der Waals surface area contributed by atoms with Crippen molar-refractivity contribution in [2.45, 2.75) is 6.92 Å². The predicted octanol–water partition coefficient (Wildman–Crippen LogP) is 4.29. The van der Waals surface area contributed by atoms with E-state index in [1.165, 1.54) is 0 Å². The Morgan fingerprint density at radius 2 is 1.57 bits per heavy atom. The molecule has 3 aromatic rings. The van der Waals surface area contributed by atoms with Gasteiger partial charge in [-0.25, -0.2) is 5.43 Å². The Morgan fingerprint density at radius 3 is 2.30 bits per heavy atom. The zero-order valence-corrected chi connectivity index (χ0v) is 17.2. The number of carbonyl (C=O) groups excluding carboxylic acids is 1. The van der Waals surface area contributed by atoms with Crippen LogP contribution in [0.1, 0.15) is 12.5 Å². The Morgan fingerprint density at radius 1 is 0.867 bits per heavy atom. The number of amides is 1. The molecule has 0 unspecified atom stereocenters. The van der Waals surface area contributed by atoms with E-state index < -0.39 is 0 Å². The summed E-state index contributed by atoms with van der Waals surface area (Å²) in [6.45, 7) is 1.65. The molecule has 0 fully saturated rings. The maximum absolute atomic E-state index is 12.2. The van der Waals surface area contributed by atoms with Crippen molar-refractivity contribution in [3.8, 4) is 28.4 Å². The number of nitrogens with one attached hydrogen (secondary N) is 1. The molecule has 6 nitrogen and oxygen atoms in total. The molecule has 3 aromatic carbocycles. The standard InChI is InChI=1S/C24H24N2O4/c1-17(19-13-14-22(28-2)23(15-19)29-3)25-26-24(27)16-30-21-12-8-7-11-20(21)18-9-5-4-6-10-18/h4-15H,16H2,1-3H3,(H,26,27)/b25-17+. The number of hydrazone groups is 1. The molecule has 30 heavy (non-hydrogen) atoms. The van der Waals surface area contributed by atoms with Crippen LogP contribution in [0.4, 0.5) is 0 Å². The molecule has 0 spiro atoms. The number of hydrogen-bond donors (Lipinski definition) is 1.